The first-order chi connectivity index (χ1) is 8.08. The molecule has 1 aromatic carbocycles. The Morgan fingerprint density at radius 2 is 2.18 bits per heavy atom. The zero-order valence-electron chi connectivity index (χ0n) is 8.41. The highest BCUT2D eigenvalue weighted by atomic mass is 79.9. The number of halogens is 2. The molecule has 17 heavy (non-hydrogen) atoms. The van der Waals surface area contributed by atoms with Gasteiger partial charge in [-0.25, -0.2) is 9.18 Å². The van der Waals surface area contributed by atoms with E-state index in [1.807, 2.05) is 0 Å². The van der Waals surface area contributed by atoms with Crippen LogP contribution in [-0.4, -0.2) is 11.2 Å². The smallest absolute Gasteiger partial charge is 0.409 e. The lowest BCUT2D eigenvalue weighted by Gasteiger charge is -2.07. The van der Waals surface area contributed by atoms with Gasteiger partial charge in [-0.2, -0.15) is 0 Å². The molecule has 2 N–H and O–H groups in total. The Hall–Kier alpha value is -1.82. The molecule has 1 amide bonds. The minimum Gasteiger partial charge on any atom is -0.465 e. The number of nitrogens with one attached hydrogen (secondary N) is 1. The van der Waals surface area contributed by atoms with Crippen LogP contribution in [0.5, 0.6) is 0 Å². The molecule has 6 heteroatoms. The van der Waals surface area contributed by atoms with Crippen molar-refractivity contribution in [3.63, 3.8) is 0 Å². The second-order valence-electron chi connectivity index (χ2n) is 3.22. The molecule has 1 aromatic heterocycles. The molecular formula is C11H7BrFNO3. The van der Waals surface area contributed by atoms with Crippen molar-refractivity contribution in [2.45, 2.75) is 0 Å². The third-order valence-corrected chi connectivity index (χ3v) is 2.71. The van der Waals surface area contributed by atoms with Crippen molar-refractivity contribution in [1.29, 1.82) is 0 Å². The summed E-state index contributed by atoms with van der Waals surface area (Å²) in [7, 11) is 0. The van der Waals surface area contributed by atoms with Crippen LogP contribution in [0.2, 0.25) is 0 Å². The highest BCUT2D eigenvalue weighted by Gasteiger charge is 2.14. The predicted molar refractivity (Wildman–Crippen MR) is 63.4 cm³/mol. The average Bonchev–Trinajstić information content (AvgIpc) is 2.66. The number of benzene rings is 1. The third kappa shape index (κ3) is 2.47. The van der Waals surface area contributed by atoms with Crippen molar-refractivity contribution in [3.05, 3.63) is 40.8 Å². The van der Waals surface area contributed by atoms with Crippen molar-refractivity contribution >= 4 is 27.7 Å². The second-order valence-corrected chi connectivity index (χ2v) is 4.07. The molecule has 0 radical (unpaired) electrons. The van der Waals surface area contributed by atoms with E-state index in [0.29, 0.717) is 15.8 Å². The summed E-state index contributed by atoms with van der Waals surface area (Å²) in [6.07, 6.45) is 0.204. The van der Waals surface area contributed by atoms with Crippen LogP contribution >= 0.6 is 15.9 Å². The van der Waals surface area contributed by atoms with Gasteiger partial charge in [-0.15, -0.1) is 0 Å². The molecule has 0 atom stereocenters. The van der Waals surface area contributed by atoms with E-state index in [9.17, 15) is 9.18 Å². The van der Waals surface area contributed by atoms with E-state index < -0.39 is 11.9 Å². The summed E-state index contributed by atoms with van der Waals surface area (Å²) in [5.41, 5.74) is 0.596. The maximum Gasteiger partial charge on any atom is 0.409 e. The molecule has 0 fully saturated rings. The molecule has 2 aromatic rings. The number of furan rings is 1. The molecule has 0 spiro atoms. The number of carbonyl (C=O) groups is 1. The number of rotatable bonds is 2. The third-order valence-electron chi connectivity index (χ3n) is 2.09. The Balaban J connectivity index is 2.54. The van der Waals surface area contributed by atoms with Crippen LogP contribution in [0.3, 0.4) is 0 Å². The van der Waals surface area contributed by atoms with Gasteiger partial charge in [-0.05, 0) is 40.2 Å². The monoisotopic (exact) mass is 299 g/mol. The molecule has 1 heterocycles. The van der Waals surface area contributed by atoms with Crippen LogP contribution < -0.4 is 5.32 Å². The van der Waals surface area contributed by atoms with Gasteiger partial charge >= 0.3 is 6.09 Å². The van der Waals surface area contributed by atoms with Gasteiger partial charge in [0.25, 0.3) is 0 Å². The van der Waals surface area contributed by atoms with Gasteiger partial charge < -0.3 is 9.52 Å². The van der Waals surface area contributed by atoms with E-state index in [1.54, 1.807) is 6.07 Å². The molecular weight excluding hydrogens is 293 g/mol. The van der Waals surface area contributed by atoms with Crippen LogP contribution in [0.15, 0.2) is 39.4 Å². The molecule has 0 saturated carbocycles. The van der Waals surface area contributed by atoms with Gasteiger partial charge in [0.05, 0.1) is 16.4 Å². The summed E-state index contributed by atoms with van der Waals surface area (Å²) in [6, 6.07) is 5.36. The van der Waals surface area contributed by atoms with E-state index in [2.05, 4.69) is 21.2 Å². The van der Waals surface area contributed by atoms with Crippen molar-refractivity contribution in [1.82, 2.24) is 0 Å². The zero-order valence-corrected chi connectivity index (χ0v) is 9.99. The van der Waals surface area contributed by atoms with Crippen molar-refractivity contribution in [2.24, 2.45) is 0 Å². The van der Waals surface area contributed by atoms with E-state index in [1.165, 1.54) is 24.5 Å². The van der Waals surface area contributed by atoms with Gasteiger partial charge in [0.2, 0.25) is 0 Å². The standard InChI is InChI=1S/C11H7BrFNO3/c12-8-3-4-17-10(8)7-5-6(13)1-2-9(7)14-11(15)16/h1-5,14H,(H,15,16). The molecule has 4 nitrogen and oxygen atoms in total. The lowest BCUT2D eigenvalue weighted by atomic mass is 10.1. The highest BCUT2D eigenvalue weighted by Crippen LogP contribution is 2.34. The van der Waals surface area contributed by atoms with Gasteiger partial charge in [0, 0.05) is 5.56 Å². The summed E-state index contributed by atoms with van der Waals surface area (Å²) in [4.78, 5) is 10.6. The van der Waals surface area contributed by atoms with Crippen molar-refractivity contribution in [3.8, 4) is 11.3 Å². The van der Waals surface area contributed by atoms with Gasteiger partial charge in [-0.3, -0.25) is 5.32 Å². The predicted octanol–water partition coefficient (Wildman–Crippen LogP) is 3.94. The average molecular weight is 300 g/mol. The van der Waals surface area contributed by atoms with Crippen LogP contribution in [0, 0.1) is 5.82 Å². The van der Waals surface area contributed by atoms with Gasteiger partial charge in [0.1, 0.15) is 11.6 Å². The van der Waals surface area contributed by atoms with Gasteiger partial charge in [-0.1, -0.05) is 0 Å². The summed E-state index contributed by atoms with van der Waals surface area (Å²) >= 11 is 3.24. The quantitative estimate of drug-likeness (QED) is 0.883. The molecule has 88 valence electrons. The maximum atomic E-state index is 13.2. The molecule has 2 rings (SSSR count). The Kier molecular flexibility index (Phi) is 3.14. The summed E-state index contributed by atoms with van der Waals surface area (Å²) in [5, 5.41) is 10.9. The molecule has 0 aliphatic heterocycles. The maximum absolute atomic E-state index is 13.2. The number of anilines is 1. The number of amides is 1. The fraction of sp³-hybridized carbons (Fsp3) is 0. The zero-order chi connectivity index (χ0) is 12.4. The largest absolute Gasteiger partial charge is 0.465 e. The Labute approximate surface area is 104 Å². The summed E-state index contributed by atoms with van der Waals surface area (Å²) < 4.78 is 19.0. The first-order valence-electron chi connectivity index (χ1n) is 4.61. The molecule has 0 unspecified atom stereocenters. The molecule has 0 aliphatic carbocycles. The van der Waals surface area contributed by atoms with E-state index >= 15 is 0 Å². The number of hydrogen-bond acceptors (Lipinski definition) is 2. The topological polar surface area (TPSA) is 62.5 Å². The molecule has 0 bridgehead atoms. The van der Waals surface area contributed by atoms with Crippen LogP contribution in [0.25, 0.3) is 11.3 Å². The van der Waals surface area contributed by atoms with E-state index in [-0.39, 0.29) is 5.69 Å². The van der Waals surface area contributed by atoms with E-state index in [0.717, 1.165) is 0 Å². The highest BCUT2D eigenvalue weighted by molar-refractivity contribution is 9.10. The SMILES string of the molecule is O=C(O)Nc1ccc(F)cc1-c1occc1Br. The number of carboxylic acid groups (broad SMARTS) is 1. The fourth-order valence-electron chi connectivity index (χ4n) is 1.41. The lowest BCUT2D eigenvalue weighted by molar-refractivity contribution is 0.210. The summed E-state index contributed by atoms with van der Waals surface area (Å²) in [5.74, 6) is -0.104. The first kappa shape index (κ1) is 11.7. The molecule has 0 saturated heterocycles. The normalized spacial score (nSPS) is 10.2. The number of hydrogen-bond donors (Lipinski definition) is 2. The first-order valence-corrected chi connectivity index (χ1v) is 5.40. The Morgan fingerprint density at radius 1 is 1.41 bits per heavy atom. The molecule has 0 aliphatic rings. The minimum atomic E-state index is -1.22. The van der Waals surface area contributed by atoms with Crippen molar-refractivity contribution in [2.75, 3.05) is 5.32 Å². The fourth-order valence-corrected chi connectivity index (χ4v) is 1.83. The minimum absolute atomic E-state index is 0.259. The van der Waals surface area contributed by atoms with Gasteiger partial charge in [0.15, 0.2) is 0 Å². The Morgan fingerprint density at radius 3 is 2.76 bits per heavy atom. The van der Waals surface area contributed by atoms with Crippen LogP contribution in [0.4, 0.5) is 14.9 Å². The second kappa shape index (κ2) is 4.58. The Bertz CT molecular complexity index is 568. The van der Waals surface area contributed by atoms with E-state index in [4.69, 9.17) is 9.52 Å². The van der Waals surface area contributed by atoms with Crippen LogP contribution in [-0.2, 0) is 0 Å². The van der Waals surface area contributed by atoms with Crippen LogP contribution in [0.1, 0.15) is 0 Å². The van der Waals surface area contributed by atoms with Crippen molar-refractivity contribution < 1.29 is 18.7 Å². The summed E-state index contributed by atoms with van der Waals surface area (Å²) in [6.45, 7) is 0. The lowest BCUT2D eigenvalue weighted by Crippen LogP contribution is -2.08.